The quantitative estimate of drug-likeness (QED) is 0.557. The van der Waals surface area contributed by atoms with Crippen molar-refractivity contribution in [1.29, 1.82) is 0 Å². The van der Waals surface area contributed by atoms with Crippen LogP contribution in [0.5, 0.6) is 0 Å². The lowest BCUT2D eigenvalue weighted by Crippen LogP contribution is -2.38. The van der Waals surface area contributed by atoms with E-state index in [1.165, 1.54) is 18.2 Å². The molecule has 0 amide bonds. The molecular weight excluding hydrogens is 448 g/mol. The number of sulfonamides is 1. The number of nitrogens with one attached hydrogen (secondary N) is 1. The third-order valence-electron chi connectivity index (χ3n) is 5.56. The third-order valence-corrected chi connectivity index (χ3v) is 7.06. The first-order valence-corrected chi connectivity index (χ1v) is 11.5. The molecule has 1 saturated carbocycles. The maximum atomic E-state index is 14.2. The molecule has 1 aliphatic rings. The third kappa shape index (κ3) is 4.83. The lowest BCUT2D eigenvalue weighted by Gasteiger charge is -2.30. The van der Waals surface area contributed by atoms with Crippen molar-refractivity contribution in [3.8, 4) is 11.1 Å². The van der Waals surface area contributed by atoms with Crippen LogP contribution in [0.3, 0.4) is 0 Å². The zero-order valence-electron chi connectivity index (χ0n) is 16.8. The normalized spacial score (nSPS) is 19.8. The Hall–Kier alpha value is -2.79. The molecule has 0 spiro atoms. The molecule has 1 heterocycles. The Kier molecular flexibility index (Phi) is 6.04. The first kappa shape index (κ1) is 22.4. The largest absolute Gasteiger partial charge is 0.416 e. The molecule has 2 aromatic carbocycles. The Morgan fingerprint density at radius 2 is 1.75 bits per heavy atom. The summed E-state index contributed by atoms with van der Waals surface area (Å²) in [6.45, 7) is 0. The van der Waals surface area contributed by atoms with Crippen LogP contribution in [0.4, 0.5) is 17.6 Å². The number of alkyl halides is 3. The second kappa shape index (κ2) is 8.62. The molecule has 3 aromatic rings. The number of hydrogen-bond donors (Lipinski definition) is 1. The van der Waals surface area contributed by atoms with Crippen LogP contribution in [0.25, 0.3) is 11.1 Å². The summed E-state index contributed by atoms with van der Waals surface area (Å²) in [5, 5.41) is 7.52. The first-order chi connectivity index (χ1) is 15.1. The van der Waals surface area contributed by atoms with Gasteiger partial charge in [-0.2, -0.15) is 13.2 Å². The van der Waals surface area contributed by atoms with Gasteiger partial charge >= 0.3 is 6.18 Å². The molecule has 32 heavy (non-hydrogen) atoms. The molecular formula is C21H20F4N4O2S. The van der Waals surface area contributed by atoms with E-state index < -0.39 is 38.5 Å². The van der Waals surface area contributed by atoms with E-state index >= 15 is 0 Å². The van der Waals surface area contributed by atoms with Crippen LogP contribution < -0.4 is 4.72 Å². The molecule has 2 atom stereocenters. The highest BCUT2D eigenvalue weighted by atomic mass is 32.2. The minimum atomic E-state index is -4.80. The van der Waals surface area contributed by atoms with Crippen molar-refractivity contribution in [3.63, 3.8) is 0 Å². The average molecular weight is 468 g/mol. The summed E-state index contributed by atoms with van der Waals surface area (Å²) in [6, 6.07) is 7.20. The van der Waals surface area contributed by atoms with Crippen molar-refractivity contribution in [2.75, 3.05) is 0 Å². The molecule has 4 rings (SSSR count). The minimum Gasteiger partial charge on any atom is -0.317 e. The summed E-state index contributed by atoms with van der Waals surface area (Å²) in [5.74, 6) is -0.743. The van der Waals surface area contributed by atoms with Gasteiger partial charge in [0.15, 0.2) is 0 Å². The van der Waals surface area contributed by atoms with Gasteiger partial charge in [0.25, 0.3) is 0 Å². The molecule has 6 nitrogen and oxygen atoms in total. The van der Waals surface area contributed by atoms with Crippen LogP contribution in [0, 0.1) is 5.82 Å². The molecule has 1 aliphatic carbocycles. The van der Waals surface area contributed by atoms with E-state index in [1.54, 1.807) is 17.2 Å². The van der Waals surface area contributed by atoms with E-state index in [-0.39, 0.29) is 17.2 Å². The molecule has 11 heteroatoms. The second-order valence-corrected chi connectivity index (χ2v) is 9.49. The predicted molar refractivity (Wildman–Crippen MR) is 108 cm³/mol. The smallest absolute Gasteiger partial charge is 0.317 e. The summed E-state index contributed by atoms with van der Waals surface area (Å²) in [7, 11) is -4.29. The van der Waals surface area contributed by atoms with E-state index in [9.17, 15) is 26.0 Å². The van der Waals surface area contributed by atoms with E-state index in [1.807, 2.05) is 0 Å². The van der Waals surface area contributed by atoms with Crippen molar-refractivity contribution >= 4 is 10.0 Å². The second-order valence-electron chi connectivity index (χ2n) is 7.77. The van der Waals surface area contributed by atoms with Gasteiger partial charge in [-0.3, -0.25) is 0 Å². The summed E-state index contributed by atoms with van der Waals surface area (Å²) in [6.07, 6.45) is 0.865. The van der Waals surface area contributed by atoms with Gasteiger partial charge in [-0.1, -0.05) is 18.2 Å². The topological polar surface area (TPSA) is 76.9 Å². The fourth-order valence-corrected chi connectivity index (χ4v) is 5.35. The molecule has 170 valence electrons. The molecule has 0 aliphatic heterocycles. The Bertz CT molecular complexity index is 1200. The van der Waals surface area contributed by atoms with E-state index in [2.05, 4.69) is 14.9 Å². The maximum absolute atomic E-state index is 14.2. The van der Waals surface area contributed by atoms with Crippen molar-refractivity contribution < 1.29 is 26.0 Å². The highest BCUT2D eigenvalue weighted by Crippen LogP contribution is 2.36. The molecule has 0 bridgehead atoms. The Morgan fingerprint density at radius 1 is 1.03 bits per heavy atom. The lowest BCUT2D eigenvalue weighted by atomic mass is 9.91. The van der Waals surface area contributed by atoms with E-state index in [0.717, 1.165) is 31.0 Å². The van der Waals surface area contributed by atoms with Crippen LogP contribution in [0.2, 0.25) is 0 Å². The van der Waals surface area contributed by atoms with Gasteiger partial charge in [-0.25, -0.2) is 17.5 Å². The van der Waals surface area contributed by atoms with E-state index in [0.29, 0.717) is 18.9 Å². The van der Waals surface area contributed by atoms with Crippen molar-refractivity contribution in [2.24, 2.45) is 0 Å². The molecule has 1 aromatic heterocycles. The number of halogens is 4. The molecule has 1 fully saturated rings. The molecule has 1 N–H and O–H groups in total. The first-order valence-electron chi connectivity index (χ1n) is 9.97. The van der Waals surface area contributed by atoms with Gasteiger partial charge < -0.3 is 4.57 Å². The monoisotopic (exact) mass is 468 g/mol. The standard InChI is InChI=1S/C21H20F4N4O2S/c22-20-7-2-1-6-19(20)14-8-15(21(23,24)25)10-18(9-14)32(30,31)28-16-4-3-5-17(11-16)29-12-26-27-13-29/h1-2,6-10,12-13,16-17,28H,3-5,11H2. The fourth-order valence-electron chi connectivity index (χ4n) is 4.00. The van der Waals surface area contributed by atoms with Crippen LogP contribution in [0.15, 0.2) is 60.0 Å². The van der Waals surface area contributed by atoms with Gasteiger partial charge in [-0.15, -0.1) is 10.2 Å². The highest BCUT2D eigenvalue weighted by molar-refractivity contribution is 7.89. The number of nitrogens with zero attached hydrogens (tertiary/aromatic N) is 3. The fraction of sp³-hybridized carbons (Fsp3) is 0.333. The lowest BCUT2D eigenvalue weighted by molar-refractivity contribution is -0.137. The van der Waals surface area contributed by atoms with Gasteiger partial charge in [0.1, 0.15) is 18.5 Å². The molecule has 2 unspecified atom stereocenters. The molecule has 0 saturated heterocycles. The Labute approximate surface area is 182 Å². The average Bonchev–Trinajstić information content (AvgIpc) is 3.28. The SMILES string of the molecule is O=S(=O)(NC1CCCC(n2cnnc2)C1)c1cc(-c2ccccc2F)cc(C(F)(F)F)c1. The summed E-state index contributed by atoms with van der Waals surface area (Å²) in [4.78, 5) is -0.558. The van der Waals surface area contributed by atoms with Gasteiger partial charge in [0, 0.05) is 17.6 Å². The van der Waals surface area contributed by atoms with Gasteiger partial charge in [0.2, 0.25) is 10.0 Å². The molecule has 0 radical (unpaired) electrons. The Morgan fingerprint density at radius 3 is 2.44 bits per heavy atom. The Balaban J connectivity index is 1.66. The van der Waals surface area contributed by atoms with Crippen LogP contribution in [-0.2, 0) is 16.2 Å². The summed E-state index contributed by atoms with van der Waals surface area (Å²) < 4.78 is 85.1. The number of aromatic nitrogens is 3. The number of hydrogen-bond acceptors (Lipinski definition) is 4. The minimum absolute atomic E-state index is 0.0121. The predicted octanol–water partition coefficient (Wildman–Crippen LogP) is 4.57. The highest BCUT2D eigenvalue weighted by Gasteiger charge is 2.34. The summed E-state index contributed by atoms with van der Waals surface area (Å²) in [5.41, 5.74) is -1.44. The zero-order valence-corrected chi connectivity index (χ0v) is 17.6. The van der Waals surface area contributed by atoms with E-state index in [4.69, 9.17) is 0 Å². The summed E-state index contributed by atoms with van der Waals surface area (Å²) >= 11 is 0. The van der Waals surface area contributed by atoms with Gasteiger partial charge in [0.05, 0.1) is 10.5 Å². The van der Waals surface area contributed by atoms with Crippen molar-refractivity contribution in [2.45, 2.75) is 48.8 Å². The van der Waals surface area contributed by atoms with Crippen LogP contribution in [0.1, 0.15) is 37.3 Å². The van der Waals surface area contributed by atoms with Crippen LogP contribution in [-0.4, -0.2) is 29.2 Å². The van der Waals surface area contributed by atoms with Crippen molar-refractivity contribution in [1.82, 2.24) is 19.5 Å². The number of benzene rings is 2. The number of rotatable bonds is 5. The zero-order chi connectivity index (χ0) is 22.9. The van der Waals surface area contributed by atoms with Gasteiger partial charge in [-0.05, 0) is 55.5 Å². The van der Waals surface area contributed by atoms with Crippen molar-refractivity contribution in [3.05, 3.63) is 66.5 Å². The van der Waals surface area contributed by atoms with Crippen LogP contribution >= 0.6 is 0 Å². The maximum Gasteiger partial charge on any atom is 0.416 e.